The van der Waals surface area contributed by atoms with E-state index in [1.807, 2.05) is 0 Å². The molecule has 2 rings (SSSR count). The lowest BCUT2D eigenvalue weighted by atomic mass is 9.74. The van der Waals surface area contributed by atoms with E-state index >= 15 is 0 Å². The van der Waals surface area contributed by atoms with Crippen molar-refractivity contribution in [2.24, 2.45) is 17.6 Å². The van der Waals surface area contributed by atoms with Crippen LogP contribution in [0.2, 0.25) is 0 Å². The quantitative estimate of drug-likeness (QED) is 0.810. The molecule has 1 heteroatoms. The summed E-state index contributed by atoms with van der Waals surface area (Å²) < 4.78 is 0. The standard InChI is InChI=1S/C18H29N/c1-13-8-7-9-14(12-13)17(19)15-10-5-6-11-16(15)18(2,3)4/h5-6,10-11,13-14,17H,7-9,12,19H2,1-4H3. The molecule has 1 fully saturated rings. The van der Waals surface area contributed by atoms with Crippen LogP contribution in [0.3, 0.4) is 0 Å². The van der Waals surface area contributed by atoms with Crippen LogP contribution < -0.4 is 5.73 Å². The van der Waals surface area contributed by atoms with Gasteiger partial charge in [0.25, 0.3) is 0 Å². The van der Waals surface area contributed by atoms with Crippen molar-refractivity contribution in [2.75, 3.05) is 0 Å². The van der Waals surface area contributed by atoms with Crippen LogP contribution in [-0.4, -0.2) is 0 Å². The van der Waals surface area contributed by atoms with Gasteiger partial charge in [0, 0.05) is 6.04 Å². The number of nitrogens with two attached hydrogens (primary N) is 1. The van der Waals surface area contributed by atoms with Crippen LogP contribution in [0.25, 0.3) is 0 Å². The second kappa shape index (κ2) is 5.66. The van der Waals surface area contributed by atoms with Gasteiger partial charge < -0.3 is 5.73 Å². The van der Waals surface area contributed by atoms with Gasteiger partial charge in [0.1, 0.15) is 0 Å². The van der Waals surface area contributed by atoms with Crippen molar-refractivity contribution in [3.05, 3.63) is 35.4 Å². The summed E-state index contributed by atoms with van der Waals surface area (Å²) in [5.41, 5.74) is 9.59. The molecule has 0 bridgehead atoms. The van der Waals surface area contributed by atoms with E-state index in [0.29, 0.717) is 5.92 Å². The van der Waals surface area contributed by atoms with Gasteiger partial charge in [0.2, 0.25) is 0 Å². The SMILES string of the molecule is CC1CCCC(C(N)c2ccccc2C(C)(C)C)C1. The zero-order valence-corrected chi connectivity index (χ0v) is 12.9. The number of hydrogen-bond acceptors (Lipinski definition) is 1. The van der Waals surface area contributed by atoms with Gasteiger partial charge in [0.15, 0.2) is 0 Å². The molecule has 1 aliphatic rings. The van der Waals surface area contributed by atoms with Crippen molar-refractivity contribution in [3.8, 4) is 0 Å². The molecule has 3 unspecified atom stereocenters. The Balaban J connectivity index is 2.26. The van der Waals surface area contributed by atoms with E-state index < -0.39 is 0 Å². The van der Waals surface area contributed by atoms with Crippen molar-refractivity contribution in [3.63, 3.8) is 0 Å². The van der Waals surface area contributed by atoms with E-state index in [-0.39, 0.29) is 11.5 Å². The van der Waals surface area contributed by atoms with Gasteiger partial charge in [-0.3, -0.25) is 0 Å². The Kier molecular flexibility index (Phi) is 4.35. The van der Waals surface area contributed by atoms with E-state index in [2.05, 4.69) is 52.0 Å². The maximum Gasteiger partial charge on any atom is 0.0326 e. The molecular weight excluding hydrogens is 230 g/mol. The van der Waals surface area contributed by atoms with E-state index in [9.17, 15) is 0 Å². The summed E-state index contributed by atoms with van der Waals surface area (Å²) in [5.74, 6) is 1.50. The average molecular weight is 259 g/mol. The first-order valence-electron chi connectivity index (χ1n) is 7.74. The molecule has 106 valence electrons. The maximum atomic E-state index is 6.63. The van der Waals surface area contributed by atoms with Crippen LogP contribution in [0.5, 0.6) is 0 Å². The van der Waals surface area contributed by atoms with Crippen LogP contribution in [0.4, 0.5) is 0 Å². The summed E-state index contributed by atoms with van der Waals surface area (Å²) in [7, 11) is 0. The van der Waals surface area contributed by atoms with E-state index in [1.54, 1.807) is 0 Å². The Morgan fingerprint density at radius 3 is 2.47 bits per heavy atom. The Morgan fingerprint density at radius 1 is 1.16 bits per heavy atom. The lowest BCUT2D eigenvalue weighted by Gasteiger charge is -2.34. The molecule has 0 radical (unpaired) electrons. The Hall–Kier alpha value is -0.820. The van der Waals surface area contributed by atoms with E-state index in [4.69, 9.17) is 5.73 Å². The highest BCUT2D eigenvalue weighted by atomic mass is 14.7. The van der Waals surface area contributed by atoms with Gasteiger partial charge >= 0.3 is 0 Å². The van der Waals surface area contributed by atoms with E-state index in [1.165, 1.54) is 36.8 Å². The van der Waals surface area contributed by atoms with Gasteiger partial charge in [-0.05, 0) is 41.2 Å². The maximum absolute atomic E-state index is 6.63. The second-order valence-electron chi connectivity index (χ2n) is 7.39. The Bertz CT molecular complexity index is 416. The number of rotatable bonds is 2. The normalized spacial score (nSPS) is 26.2. The van der Waals surface area contributed by atoms with Crippen molar-refractivity contribution < 1.29 is 0 Å². The predicted octanol–water partition coefficient (Wildman–Crippen LogP) is 4.81. The molecular formula is C18H29N. The predicted molar refractivity (Wildman–Crippen MR) is 83.2 cm³/mol. The molecule has 0 spiro atoms. The van der Waals surface area contributed by atoms with Crippen molar-refractivity contribution in [1.82, 2.24) is 0 Å². The fourth-order valence-electron chi connectivity index (χ4n) is 3.53. The average Bonchev–Trinajstić information content (AvgIpc) is 2.37. The van der Waals surface area contributed by atoms with Crippen LogP contribution in [0.15, 0.2) is 24.3 Å². The fourth-order valence-corrected chi connectivity index (χ4v) is 3.53. The first kappa shape index (κ1) is 14.6. The third-order valence-corrected chi connectivity index (χ3v) is 4.61. The molecule has 3 atom stereocenters. The smallest absolute Gasteiger partial charge is 0.0326 e. The molecule has 0 saturated heterocycles. The number of benzene rings is 1. The minimum Gasteiger partial charge on any atom is -0.324 e. The minimum atomic E-state index is 0.175. The van der Waals surface area contributed by atoms with Gasteiger partial charge in [-0.1, -0.05) is 64.8 Å². The van der Waals surface area contributed by atoms with E-state index in [0.717, 1.165) is 5.92 Å². The van der Waals surface area contributed by atoms with Gasteiger partial charge in [0.05, 0.1) is 0 Å². The first-order chi connectivity index (χ1) is 8.89. The fraction of sp³-hybridized carbons (Fsp3) is 0.667. The minimum absolute atomic E-state index is 0.175. The van der Waals surface area contributed by atoms with Crippen molar-refractivity contribution >= 4 is 0 Å². The van der Waals surface area contributed by atoms with Crippen LogP contribution in [0, 0.1) is 11.8 Å². The van der Waals surface area contributed by atoms with Crippen LogP contribution >= 0.6 is 0 Å². The molecule has 2 N–H and O–H groups in total. The van der Waals surface area contributed by atoms with Crippen molar-refractivity contribution in [1.29, 1.82) is 0 Å². The monoisotopic (exact) mass is 259 g/mol. The molecule has 0 aromatic heterocycles. The van der Waals surface area contributed by atoms with Gasteiger partial charge in [-0.25, -0.2) is 0 Å². The highest BCUT2D eigenvalue weighted by Gasteiger charge is 2.28. The topological polar surface area (TPSA) is 26.0 Å². The largest absolute Gasteiger partial charge is 0.324 e. The van der Waals surface area contributed by atoms with Crippen LogP contribution in [-0.2, 0) is 5.41 Å². The highest BCUT2D eigenvalue weighted by Crippen LogP contribution is 2.38. The van der Waals surface area contributed by atoms with Crippen LogP contribution in [0.1, 0.15) is 70.5 Å². The lowest BCUT2D eigenvalue weighted by Crippen LogP contribution is -2.28. The summed E-state index contributed by atoms with van der Waals surface area (Å²) in [6, 6.07) is 8.97. The highest BCUT2D eigenvalue weighted by molar-refractivity contribution is 5.35. The molecule has 1 saturated carbocycles. The summed E-state index contributed by atoms with van der Waals surface area (Å²) in [5, 5.41) is 0. The molecule has 1 nitrogen and oxygen atoms in total. The molecule has 0 amide bonds. The van der Waals surface area contributed by atoms with Gasteiger partial charge in [-0.15, -0.1) is 0 Å². The third-order valence-electron chi connectivity index (χ3n) is 4.61. The molecule has 1 aromatic carbocycles. The zero-order valence-electron chi connectivity index (χ0n) is 12.9. The molecule has 0 aliphatic heterocycles. The molecule has 1 aromatic rings. The molecule has 1 aliphatic carbocycles. The van der Waals surface area contributed by atoms with Gasteiger partial charge in [-0.2, -0.15) is 0 Å². The summed E-state index contributed by atoms with van der Waals surface area (Å²) in [6.07, 6.45) is 5.31. The summed E-state index contributed by atoms with van der Waals surface area (Å²) in [4.78, 5) is 0. The number of hydrogen-bond donors (Lipinski definition) is 1. The summed E-state index contributed by atoms with van der Waals surface area (Å²) in [6.45, 7) is 9.21. The lowest BCUT2D eigenvalue weighted by molar-refractivity contribution is 0.246. The van der Waals surface area contributed by atoms with Crippen molar-refractivity contribution in [2.45, 2.75) is 64.8 Å². The third kappa shape index (κ3) is 3.39. The summed E-state index contributed by atoms with van der Waals surface area (Å²) >= 11 is 0. The Labute approximate surface area is 118 Å². The first-order valence-corrected chi connectivity index (χ1v) is 7.74. The molecule has 19 heavy (non-hydrogen) atoms. The molecule has 0 heterocycles. The zero-order chi connectivity index (χ0) is 14.0. The Morgan fingerprint density at radius 2 is 1.84 bits per heavy atom. The second-order valence-corrected chi connectivity index (χ2v) is 7.39.